The van der Waals surface area contributed by atoms with Gasteiger partial charge in [-0.1, -0.05) is 24.3 Å². The third-order valence-corrected chi connectivity index (χ3v) is 4.14. The Kier molecular flexibility index (Phi) is 3.65. The van der Waals surface area contributed by atoms with Crippen molar-refractivity contribution in [3.63, 3.8) is 0 Å². The highest BCUT2D eigenvalue weighted by atomic mass is 16.4. The van der Waals surface area contributed by atoms with Gasteiger partial charge in [-0.25, -0.2) is 4.79 Å². The van der Waals surface area contributed by atoms with Gasteiger partial charge in [-0.15, -0.1) is 0 Å². The number of benzene rings is 2. The van der Waals surface area contributed by atoms with Crippen molar-refractivity contribution in [2.75, 3.05) is 11.4 Å². The second-order valence-electron chi connectivity index (χ2n) is 5.60. The van der Waals surface area contributed by atoms with Gasteiger partial charge in [0.25, 0.3) is 0 Å². The standard InChI is InChI=1S/C18H19NO2/c1-13-11-15(18(20)21)8-9-17(13)19-10-4-7-14-5-2-3-6-16(14)12-19/h2-3,5-6,8-9,11H,4,7,10,12H2,1H3,(H,20,21). The fraction of sp³-hybridized carbons (Fsp3) is 0.278. The highest BCUT2D eigenvalue weighted by Crippen LogP contribution is 2.27. The van der Waals surface area contributed by atoms with Crippen LogP contribution in [0.3, 0.4) is 0 Å². The highest BCUT2D eigenvalue weighted by Gasteiger charge is 2.16. The number of carbonyl (C=O) groups is 1. The van der Waals surface area contributed by atoms with Crippen molar-refractivity contribution in [2.24, 2.45) is 0 Å². The predicted octanol–water partition coefficient (Wildman–Crippen LogP) is 3.65. The van der Waals surface area contributed by atoms with E-state index in [9.17, 15) is 4.79 Å². The Morgan fingerprint density at radius 1 is 1.14 bits per heavy atom. The van der Waals surface area contributed by atoms with E-state index in [0.717, 1.165) is 37.2 Å². The zero-order valence-electron chi connectivity index (χ0n) is 12.2. The number of fused-ring (bicyclic) bond motifs is 1. The van der Waals surface area contributed by atoms with Gasteiger partial charge in [0, 0.05) is 18.8 Å². The molecule has 2 aromatic carbocycles. The molecule has 0 aromatic heterocycles. The molecule has 1 aliphatic heterocycles. The molecule has 0 aliphatic carbocycles. The van der Waals surface area contributed by atoms with Gasteiger partial charge in [0.1, 0.15) is 0 Å². The van der Waals surface area contributed by atoms with E-state index in [1.165, 1.54) is 11.1 Å². The van der Waals surface area contributed by atoms with E-state index in [4.69, 9.17) is 5.11 Å². The summed E-state index contributed by atoms with van der Waals surface area (Å²) in [7, 11) is 0. The Hall–Kier alpha value is -2.29. The van der Waals surface area contributed by atoms with Crippen molar-refractivity contribution < 1.29 is 9.90 Å². The summed E-state index contributed by atoms with van der Waals surface area (Å²) in [5.41, 5.74) is 5.31. The summed E-state index contributed by atoms with van der Waals surface area (Å²) < 4.78 is 0. The minimum absolute atomic E-state index is 0.353. The summed E-state index contributed by atoms with van der Waals surface area (Å²) in [6, 6.07) is 14.0. The van der Waals surface area contributed by atoms with Crippen LogP contribution in [0, 0.1) is 6.92 Å². The number of anilines is 1. The van der Waals surface area contributed by atoms with E-state index in [-0.39, 0.29) is 0 Å². The maximum Gasteiger partial charge on any atom is 0.335 e. The lowest BCUT2D eigenvalue weighted by Crippen LogP contribution is -2.23. The molecule has 21 heavy (non-hydrogen) atoms. The molecule has 2 aromatic rings. The molecular formula is C18H19NO2. The topological polar surface area (TPSA) is 40.5 Å². The lowest BCUT2D eigenvalue weighted by molar-refractivity contribution is 0.0697. The first-order valence-corrected chi connectivity index (χ1v) is 7.31. The van der Waals surface area contributed by atoms with Crippen molar-refractivity contribution in [1.29, 1.82) is 0 Å². The number of rotatable bonds is 2. The van der Waals surface area contributed by atoms with Crippen LogP contribution in [0.5, 0.6) is 0 Å². The molecule has 0 spiro atoms. The molecule has 0 unspecified atom stereocenters. The van der Waals surface area contributed by atoms with E-state index in [1.807, 2.05) is 13.0 Å². The Morgan fingerprint density at radius 2 is 1.90 bits per heavy atom. The smallest absolute Gasteiger partial charge is 0.335 e. The van der Waals surface area contributed by atoms with E-state index >= 15 is 0 Å². The zero-order chi connectivity index (χ0) is 14.8. The van der Waals surface area contributed by atoms with E-state index in [0.29, 0.717) is 5.56 Å². The van der Waals surface area contributed by atoms with Crippen LogP contribution in [-0.2, 0) is 13.0 Å². The quantitative estimate of drug-likeness (QED) is 0.913. The molecule has 0 saturated heterocycles. The largest absolute Gasteiger partial charge is 0.478 e. The van der Waals surface area contributed by atoms with Gasteiger partial charge in [0.2, 0.25) is 0 Å². The van der Waals surface area contributed by atoms with Gasteiger partial charge in [-0.3, -0.25) is 0 Å². The van der Waals surface area contributed by atoms with Gasteiger partial charge < -0.3 is 10.0 Å². The molecule has 3 heteroatoms. The fourth-order valence-corrected chi connectivity index (χ4v) is 3.05. The summed E-state index contributed by atoms with van der Waals surface area (Å²) >= 11 is 0. The molecule has 1 aliphatic rings. The molecule has 1 N–H and O–H groups in total. The number of carboxylic acids is 1. The summed E-state index contributed by atoms with van der Waals surface area (Å²) in [5, 5.41) is 9.07. The SMILES string of the molecule is Cc1cc(C(=O)O)ccc1N1CCCc2ccccc2C1. The minimum atomic E-state index is -0.870. The van der Waals surface area contributed by atoms with Gasteiger partial charge in [0.05, 0.1) is 5.56 Å². The highest BCUT2D eigenvalue weighted by molar-refractivity contribution is 5.88. The van der Waals surface area contributed by atoms with Crippen LogP contribution in [0.2, 0.25) is 0 Å². The van der Waals surface area contributed by atoms with E-state index in [1.54, 1.807) is 12.1 Å². The molecule has 3 nitrogen and oxygen atoms in total. The summed E-state index contributed by atoms with van der Waals surface area (Å²) in [6.07, 6.45) is 2.23. The van der Waals surface area contributed by atoms with E-state index < -0.39 is 5.97 Å². The van der Waals surface area contributed by atoms with Gasteiger partial charge in [-0.2, -0.15) is 0 Å². The molecule has 0 saturated carbocycles. The Labute approximate surface area is 124 Å². The lowest BCUT2D eigenvalue weighted by atomic mass is 10.0. The lowest BCUT2D eigenvalue weighted by Gasteiger charge is -2.25. The number of hydrogen-bond acceptors (Lipinski definition) is 2. The third kappa shape index (κ3) is 2.77. The number of carboxylic acid groups (broad SMARTS) is 1. The zero-order valence-corrected chi connectivity index (χ0v) is 12.2. The molecule has 108 valence electrons. The van der Waals surface area contributed by atoms with E-state index in [2.05, 4.69) is 29.2 Å². The summed E-state index contributed by atoms with van der Waals surface area (Å²) in [6.45, 7) is 3.88. The predicted molar refractivity (Wildman–Crippen MR) is 84.0 cm³/mol. The molecule has 0 amide bonds. The van der Waals surface area contributed by atoms with Crippen molar-refractivity contribution in [3.05, 3.63) is 64.7 Å². The van der Waals surface area contributed by atoms with Crippen LogP contribution in [0.1, 0.15) is 33.5 Å². The summed E-state index contributed by atoms with van der Waals surface area (Å²) in [4.78, 5) is 13.4. The minimum Gasteiger partial charge on any atom is -0.478 e. The van der Waals surface area contributed by atoms with Crippen molar-refractivity contribution in [1.82, 2.24) is 0 Å². The van der Waals surface area contributed by atoms with Crippen LogP contribution in [0.15, 0.2) is 42.5 Å². The average Bonchev–Trinajstić information content (AvgIpc) is 2.69. The molecule has 0 fully saturated rings. The average molecular weight is 281 g/mol. The fourth-order valence-electron chi connectivity index (χ4n) is 3.05. The van der Waals surface area contributed by atoms with Crippen LogP contribution in [-0.4, -0.2) is 17.6 Å². The Morgan fingerprint density at radius 3 is 2.62 bits per heavy atom. The second kappa shape index (κ2) is 5.60. The third-order valence-electron chi connectivity index (χ3n) is 4.14. The number of nitrogens with zero attached hydrogens (tertiary/aromatic N) is 1. The first-order valence-electron chi connectivity index (χ1n) is 7.31. The molecule has 0 atom stereocenters. The summed E-state index contributed by atoms with van der Waals surface area (Å²) in [5.74, 6) is -0.870. The van der Waals surface area contributed by atoms with Crippen molar-refractivity contribution >= 4 is 11.7 Å². The first kappa shape index (κ1) is 13.7. The van der Waals surface area contributed by atoms with Crippen molar-refractivity contribution in [2.45, 2.75) is 26.3 Å². The van der Waals surface area contributed by atoms with Crippen molar-refractivity contribution in [3.8, 4) is 0 Å². The Balaban J connectivity index is 1.92. The maximum atomic E-state index is 11.0. The van der Waals surface area contributed by atoms with Crippen LogP contribution < -0.4 is 4.90 Å². The van der Waals surface area contributed by atoms with Gasteiger partial charge in [-0.05, 0) is 54.7 Å². The first-order chi connectivity index (χ1) is 10.1. The maximum absolute atomic E-state index is 11.0. The number of aromatic carboxylic acids is 1. The van der Waals surface area contributed by atoms with Crippen LogP contribution >= 0.6 is 0 Å². The molecule has 1 heterocycles. The monoisotopic (exact) mass is 281 g/mol. The van der Waals surface area contributed by atoms with Gasteiger partial charge >= 0.3 is 5.97 Å². The normalized spacial score (nSPS) is 14.4. The van der Waals surface area contributed by atoms with Gasteiger partial charge in [0.15, 0.2) is 0 Å². The second-order valence-corrected chi connectivity index (χ2v) is 5.60. The Bertz CT molecular complexity index is 679. The molecule has 0 radical (unpaired) electrons. The van der Waals surface area contributed by atoms with Crippen LogP contribution in [0.4, 0.5) is 5.69 Å². The number of aryl methyl sites for hydroxylation is 2. The molecular weight excluding hydrogens is 262 g/mol. The number of hydrogen-bond donors (Lipinski definition) is 1. The molecule has 3 rings (SSSR count). The van der Waals surface area contributed by atoms with Crippen LogP contribution in [0.25, 0.3) is 0 Å². The molecule has 0 bridgehead atoms.